The van der Waals surface area contributed by atoms with Gasteiger partial charge in [-0.3, -0.25) is 4.79 Å². The molecular weight excluding hydrogens is 178 g/mol. The van der Waals surface area contributed by atoms with Crippen LogP contribution in [0.5, 0.6) is 0 Å². The second-order valence-electron chi connectivity index (χ2n) is 2.98. The summed E-state index contributed by atoms with van der Waals surface area (Å²) in [6.45, 7) is 5.93. The third-order valence-corrected chi connectivity index (χ3v) is 2.01. The highest BCUT2D eigenvalue weighted by Crippen LogP contribution is 2.30. The molecule has 1 aliphatic heterocycles. The maximum atomic E-state index is 11.0. The van der Waals surface area contributed by atoms with Gasteiger partial charge in [-0.2, -0.15) is 0 Å². The summed E-state index contributed by atoms with van der Waals surface area (Å²) in [5.41, 5.74) is 2.45. The monoisotopic (exact) mass is 193 g/mol. The summed E-state index contributed by atoms with van der Waals surface area (Å²) < 4.78 is 0. The number of aryl methyl sites for hydroxylation is 1. The van der Waals surface area contributed by atoms with Crippen LogP contribution in [0, 0.1) is 6.92 Å². The van der Waals surface area contributed by atoms with Crippen LogP contribution in [-0.4, -0.2) is 11.0 Å². The predicted octanol–water partition coefficient (Wildman–Crippen LogP) is 2.01. The van der Waals surface area contributed by atoms with E-state index in [9.17, 15) is 9.90 Å². The highest BCUT2D eigenvalue weighted by Gasteiger charge is 2.27. The van der Waals surface area contributed by atoms with Crippen molar-refractivity contribution in [1.29, 1.82) is 0 Å². The van der Waals surface area contributed by atoms with Gasteiger partial charge >= 0.3 is 0 Å². The fourth-order valence-corrected chi connectivity index (χ4v) is 1.36. The number of aliphatic hydroxyl groups is 1. The molecule has 2 rings (SSSR count). The van der Waals surface area contributed by atoms with Gasteiger partial charge in [0, 0.05) is 11.3 Å². The first-order valence-corrected chi connectivity index (χ1v) is 4.78. The number of carbonyl (C=O) groups excluding carboxylic acids is 1. The van der Waals surface area contributed by atoms with Gasteiger partial charge in [0.25, 0.3) is 5.91 Å². The normalized spacial score (nSPS) is 18.0. The minimum absolute atomic E-state index is 0.337. The number of hydrogen-bond donors (Lipinski definition) is 2. The fourth-order valence-electron chi connectivity index (χ4n) is 1.36. The van der Waals surface area contributed by atoms with Gasteiger partial charge in [0.1, 0.15) is 0 Å². The van der Waals surface area contributed by atoms with Gasteiger partial charge in [-0.15, -0.1) is 0 Å². The SMILES string of the molecule is CC.Cc1ccc2c(c1)C(O)C(=O)N2. The Morgan fingerprint density at radius 2 is 2.00 bits per heavy atom. The molecule has 0 radical (unpaired) electrons. The zero-order valence-electron chi connectivity index (χ0n) is 8.66. The van der Waals surface area contributed by atoms with Crippen LogP contribution < -0.4 is 5.32 Å². The van der Waals surface area contributed by atoms with Crippen LogP contribution in [0.3, 0.4) is 0 Å². The summed E-state index contributed by atoms with van der Waals surface area (Å²) in [5, 5.41) is 11.9. The highest BCUT2D eigenvalue weighted by atomic mass is 16.3. The molecule has 1 aromatic carbocycles. The van der Waals surface area contributed by atoms with Gasteiger partial charge in [0.2, 0.25) is 0 Å². The second kappa shape index (κ2) is 4.24. The van der Waals surface area contributed by atoms with Gasteiger partial charge < -0.3 is 10.4 Å². The number of aliphatic hydroxyl groups excluding tert-OH is 1. The van der Waals surface area contributed by atoms with Crippen molar-refractivity contribution in [3.05, 3.63) is 29.3 Å². The van der Waals surface area contributed by atoms with Crippen molar-refractivity contribution in [2.24, 2.45) is 0 Å². The van der Waals surface area contributed by atoms with Crippen LogP contribution in [-0.2, 0) is 4.79 Å². The minimum Gasteiger partial charge on any atom is -0.378 e. The zero-order chi connectivity index (χ0) is 10.7. The van der Waals surface area contributed by atoms with Gasteiger partial charge in [-0.1, -0.05) is 31.5 Å². The molecule has 0 aliphatic carbocycles. The lowest BCUT2D eigenvalue weighted by atomic mass is 10.1. The Morgan fingerprint density at radius 3 is 2.64 bits per heavy atom. The summed E-state index contributed by atoms with van der Waals surface area (Å²) in [6, 6.07) is 5.52. The van der Waals surface area contributed by atoms with Crippen molar-refractivity contribution < 1.29 is 9.90 Å². The Kier molecular flexibility index (Phi) is 3.25. The molecule has 0 bridgehead atoms. The summed E-state index contributed by atoms with van der Waals surface area (Å²) in [7, 11) is 0. The van der Waals surface area contributed by atoms with Crippen molar-refractivity contribution in [1.82, 2.24) is 0 Å². The van der Waals surface area contributed by atoms with Crippen molar-refractivity contribution in [2.75, 3.05) is 5.32 Å². The lowest BCUT2D eigenvalue weighted by molar-refractivity contribution is -0.123. The Balaban J connectivity index is 0.000000461. The molecule has 76 valence electrons. The molecular formula is C11H15NO2. The number of fused-ring (bicyclic) bond motifs is 1. The smallest absolute Gasteiger partial charge is 0.257 e. The number of hydrogen-bond acceptors (Lipinski definition) is 2. The van der Waals surface area contributed by atoms with E-state index in [2.05, 4.69) is 5.32 Å². The van der Waals surface area contributed by atoms with E-state index < -0.39 is 6.10 Å². The van der Waals surface area contributed by atoms with E-state index in [1.807, 2.05) is 32.9 Å². The first-order valence-electron chi connectivity index (χ1n) is 4.78. The minimum atomic E-state index is -0.986. The average Bonchev–Trinajstić information content (AvgIpc) is 2.48. The van der Waals surface area contributed by atoms with E-state index >= 15 is 0 Å². The Hall–Kier alpha value is -1.35. The van der Waals surface area contributed by atoms with Crippen LogP contribution in [0.25, 0.3) is 0 Å². The predicted molar refractivity (Wildman–Crippen MR) is 56.1 cm³/mol. The quantitative estimate of drug-likeness (QED) is 0.662. The van der Waals surface area contributed by atoms with Gasteiger partial charge in [-0.05, 0) is 13.0 Å². The molecule has 1 amide bonds. The molecule has 1 aromatic rings. The Labute approximate surface area is 83.8 Å². The van der Waals surface area contributed by atoms with Crippen molar-refractivity contribution >= 4 is 11.6 Å². The van der Waals surface area contributed by atoms with Crippen LogP contribution in [0.4, 0.5) is 5.69 Å². The van der Waals surface area contributed by atoms with Crippen molar-refractivity contribution in [3.63, 3.8) is 0 Å². The van der Waals surface area contributed by atoms with E-state index in [1.165, 1.54) is 0 Å². The zero-order valence-corrected chi connectivity index (χ0v) is 8.66. The molecule has 1 unspecified atom stereocenters. The van der Waals surface area contributed by atoms with E-state index in [-0.39, 0.29) is 5.91 Å². The molecule has 2 N–H and O–H groups in total. The highest BCUT2D eigenvalue weighted by molar-refractivity contribution is 6.01. The first kappa shape index (κ1) is 10.7. The average molecular weight is 193 g/mol. The molecule has 1 atom stereocenters. The second-order valence-corrected chi connectivity index (χ2v) is 2.98. The topological polar surface area (TPSA) is 49.3 Å². The van der Waals surface area contributed by atoms with E-state index in [0.29, 0.717) is 5.56 Å². The third kappa shape index (κ3) is 1.77. The first-order chi connectivity index (χ1) is 6.68. The maximum absolute atomic E-state index is 11.0. The molecule has 1 heterocycles. The van der Waals surface area contributed by atoms with Crippen LogP contribution in [0.2, 0.25) is 0 Å². The number of rotatable bonds is 0. The number of anilines is 1. The summed E-state index contributed by atoms with van der Waals surface area (Å²) in [4.78, 5) is 11.0. The lowest BCUT2D eigenvalue weighted by Crippen LogP contribution is -2.10. The van der Waals surface area contributed by atoms with Gasteiger partial charge in [-0.25, -0.2) is 0 Å². The molecule has 14 heavy (non-hydrogen) atoms. The summed E-state index contributed by atoms with van der Waals surface area (Å²) in [5.74, 6) is -0.337. The van der Waals surface area contributed by atoms with Gasteiger partial charge in [0.15, 0.2) is 6.10 Å². The van der Waals surface area contributed by atoms with Crippen LogP contribution in [0.1, 0.15) is 31.1 Å². The molecule has 1 aliphatic rings. The Bertz CT molecular complexity index is 347. The summed E-state index contributed by atoms with van der Waals surface area (Å²) >= 11 is 0. The van der Waals surface area contributed by atoms with E-state index in [1.54, 1.807) is 6.07 Å². The maximum Gasteiger partial charge on any atom is 0.257 e. The molecule has 0 saturated heterocycles. The lowest BCUT2D eigenvalue weighted by Gasteiger charge is -2.00. The number of amides is 1. The molecule has 3 heteroatoms. The standard InChI is InChI=1S/C9H9NO2.C2H6/c1-5-2-3-7-6(4-5)8(11)9(12)10-7;1-2/h2-4,8,11H,1H3,(H,10,12);1-2H3. The molecule has 0 saturated carbocycles. The van der Waals surface area contributed by atoms with Crippen LogP contribution >= 0.6 is 0 Å². The number of nitrogens with one attached hydrogen (secondary N) is 1. The Morgan fingerprint density at radius 1 is 1.36 bits per heavy atom. The van der Waals surface area contributed by atoms with Crippen molar-refractivity contribution in [3.8, 4) is 0 Å². The van der Waals surface area contributed by atoms with E-state index in [4.69, 9.17) is 0 Å². The fraction of sp³-hybridized carbons (Fsp3) is 0.364. The molecule has 3 nitrogen and oxygen atoms in total. The van der Waals surface area contributed by atoms with E-state index in [0.717, 1.165) is 11.3 Å². The third-order valence-electron chi connectivity index (χ3n) is 2.01. The number of carbonyl (C=O) groups is 1. The summed E-state index contributed by atoms with van der Waals surface area (Å²) in [6.07, 6.45) is -0.986. The number of benzene rings is 1. The molecule has 0 spiro atoms. The molecule has 0 fully saturated rings. The van der Waals surface area contributed by atoms with Gasteiger partial charge in [0.05, 0.1) is 0 Å². The largest absolute Gasteiger partial charge is 0.378 e. The van der Waals surface area contributed by atoms with Crippen LogP contribution in [0.15, 0.2) is 18.2 Å². The molecule has 0 aromatic heterocycles. The van der Waals surface area contributed by atoms with Crippen molar-refractivity contribution in [2.45, 2.75) is 26.9 Å².